The number of benzene rings is 1. The summed E-state index contributed by atoms with van der Waals surface area (Å²) in [6.45, 7) is 4.29. The molecule has 0 bridgehead atoms. The van der Waals surface area contributed by atoms with Crippen molar-refractivity contribution in [2.75, 3.05) is 18.4 Å². The maximum atomic E-state index is 13.0. The van der Waals surface area contributed by atoms with E-state index in [4.69, 9.17) is 11.6 Å². The molecule has 3 aromatic heterocycles. The molecule has 186 valence electrons. The van der Waals surface area contributed by atoms with Crippen molar-refractivity contribution in [2.45, 2.75) is 38.8 Å². The van der Waals surface area contributed by atoms with Gasteiger partial charge in [-0.1, -0.05) is 23.7 Å². The number of fused-ring (bicyclic) bond motifs is 1. The van der Waals surface area contributed by atoms with Crippen molar-refractivity contribution in [1.82, 2.24) is 29.4 Å². The molecule has 4 aromatic rings. The normalized spacial score (nSPS) is 14.2. The number of piperidine rings is 1. The Bertz CT molecular complexity index is 1370. The summed E-state index contributed by atoms with van der Waals surface area (Å²) in [5.41, 5.74) is 4.23. The van der Waals surface area contributed by atoms with Gasteiger partial charge >= 0.3 is 6.03 Å². The minimum absolute atomic E-state index is 0.0620. The van der Waals surface area contributed by atoms with Gasteiger partial charge in [0.15, 0.2) is 0 Å². The van der Waals surface area contributed by atoms with E-state index in [9.17, 15) is 9.59 Å². The number of pyridine rings is 1. The molecule has 0 saturated carbocycles. The summed E-state index contributed by atoms with van der Waals surface area (Å²) >= 11 is 6.21. The molecule has 0 unspecified atom stereocenters. The number of rotatable bonds is 6. The minimum Gasteiger partial charge on any atom is -0.337 e. The van der Waals surface area contributed by atoms with Gasteiger partial charge in [-0.15, -0.1) is 0 Å². The molecule has 5 rings (SSSR count). The molecule has 4 heterocycles. The Morgan fingerprint density at radius 1 is 1.11 bits per heavy atom. The first-order chi connectivity index (χ1) is 17.5. The number of halogens is 1. The summed E-state index contributed by atoms with van der Waals surface area (Å²) in [5.74, 6) is 0.300. The van der Waals surface area contributed by atoms with Gasteiger partial charge in [-0.05, 0) is 61.1 Å². The van der Waals surface area contributed by atoms with Gasteiger partial charge in [-0.2, -0.15) is 5.10 Å². The van der Waals surface area contributed by atoms with Crippen molar-refractivity contribution in [3.05, 3.63) is 83.0 Å². The number of imidazole rings is 1. The van der Waals surface area contributed by atoms with E-state index in [2.05, 4.69) is 20.7 Å². The minimum atomic E-state index is -0.261. The number of carbonyl (C=O) groups excluding carboxylic acids is 2. The molecule has 36 heavy (non-hydrogen) atoms. The number of nitrogens with zero attached hydrogens (tertiary/aromatic N) is 5. The first kappa shape index (κ1) is 23.9. The summed E-state index contributed by atoms with van der Waals surface area (Å²) in [6.07, 6.45) is 8.82. The Hall–Kier alpha value is -3.85. The molecule has 10 heteroatoms. The summed E-state index contributed by atoms with van der Waals surface area (Å²) < 4.78 is 3.57. The van der Waals surface area contributed by atoms with Crippen LogP contribution in [-0.2, 0) is 13.1 Å². The predicted molar refractivity (Wildman–Crippen MR) is 138 cm³/mol. The molecule has 1 aromatic carbocycles. The average molecular weight is 506 g/mol. The monoisotopic (exact) mass is 505 g/mol. The van der Waals surface area contributed by atoms with E-state index >= 15 is 0 Å². The van der Waals surface area contributed by atoms with Gasteiger partial charge in [0.05, 0.1) is 11.2 Å². The van der Waals surface area contributed by atoms with Crippen molar-refractivity contribution in [2.24, 2.45) is 0 Å². The average Bonchev–Trinajstić information content (AvgIpc) is 3.53. The zero-order valence-electron chi connectivity index (χ0n) is 20.0. The molecule has 1 fully saturated rings. The van der Waals surface area contributed by atoms with Gasteiger partial charge in [-0.3, -0.25) is 9.48 Å². The summed E-state index contributed by atoms with van der Waals surface area (Å²) in [4.78, 5) is 31.4. The number of hydrogen-bond donors (Lipinski definition) is 2. The first-order valence-corrected chi connectivity index (χ1v) is 12.5. The van der Waals surface area contributed by atoms with E-state index in [1.165, 1.54) is 11.8 Å². The number of urea groups is 1. The predicted octanol–water partition coefficient (Wildman–Crippen LogP) is 4.55. The van der Waals surface area contributed by atoms with Crippen LogP contribution in [0.25, 0.3) is 5.65 Å². The molecule has 1 aliphatic heterocycles. The standard InChI is InChI=1S/C26H28ClN7O2/c1-2-34-24(22(27)17-30-34)25(35)33-12-8-20(9-13-33)19-3-5-21(6-4-19)31-26(36)29-16-18-7-11-32-14-10-28-23(32)15-18/h3-7,10-11,14-15,17,20H,2,8-9,12-13,16H2,1H3,(H2,29,31,36). The number of hydrogen-bond acceptors (Lipinski definition) is 4. The fraction of sp³-hybridized carbons (Fsp3) is 0.308. The Kier molecular flexibility index (Phi) is 6.90. The second-order valence-electron chi connectivity index (χ2n) is 8.88. The smallest absolute Gasteiger partial charge is 0.319 e. The largest absolute Gasteiger partial charge is 0.337 e. The van der Waals surface area contributed by atoms with Crippen LogP contribution in [-0.4, -0.2) is 49.1 Å². The van der Waals surface area contributed by atoms with Crippen LogP contribution in [0.5, 0.6) is 0 Å². The Balaban J connectivity index is 1.11. The Morgan fingerprint density at radius 2 is 1.89 bits per heavy atom. The molecule has 1 saturated heterocycles. The lowest BCUT2D eigenvalue weighted by atomic mass is 9.89. The van der Waals surface area contributed by atoms with E-state index in [1.807, 2.05) is 65.0 Å². The molecule has 3 amide bonds. The second-order valence-corrected chi connectivity index (χ2v) is 9.29. The van der Waals surface area contributed by atoms with E-state index in [0.717, 1.165) is 29.7 Å². The number of aromatic nitrogens is 4. The molecule has 9 nitrogen and oxygen atoms in total. The number of anilines is 1. The lowest BCUT2D eigenvalue weighted by Gasteiger charge is -2.32. The van der Waals surface area contributed by atoms with Crippen LogP contribution < -0.4 is 10.6 Å². The zero-order chi connectivity index (χ0) is 25.1. The van der Waals surface area contributed by atoms with E-state index < -0.39 is 0 Å². The number of nitrogens with one attached hydrogen (secondary N) is 2. The van der Waals surface area contributed by atoms with Gasteiger partial charge < -0.3 is 19.9 Å². The van der Waals surface area contributed by atoms with Crippen molar-refractivity contribution < 1.29 is 9.59 Å². The topological polar surface area (TPSA) is 96.6 Å². The zero-order valence-corrected chi connectivity index (χ0v) is 20.8. The van der Waals surface area contributed by atoms with Gasteiger partial charge in [0, 0.05) is 50.5 Å². The van der Waals surface area contributed by atoms with Crippen LogP contribution in [0.2, 0.25) is 5.02 Å². The van der Waals surface area contributed by atoms with E-state index in [-0.39, 0.29) is 11.9 Å². The number of carbonyl (C=O) groups is 2. The Morgan fingerprint density at radius 3 is 2.64 bits per heavy atom. The molecule has 0 aliphatic carbocycles. The molecule has 2 N–H and O–H groups in total. The summed E-state index contributed by atoms with van der Waals surface area (Å²) in [5, 5.41) is 10.3. The molecular formula is C26H28ClN7O2. The fourth-order valence-corrected chi connectivity index (χ4v) is 4.86. The van der Waals surface area contributed by atoms with Crippen LogP contribution in [0, 0.1) is 0 Å². The third-order valence-corrected chi connectivity index (χ3v) is 6.91. The number of amides is 3. The summed E-state index contributed by atoms with van der Waals surface area (Å²) in [7, 11) is 0. The lowest BCUT2D eigenvalue weighted by molar-refractivity contribution is 0.0700. The maximum absolute atomic E-state index is 13.0. The van der Waals surface area contributed by atoms with E-state index in [0.29, 0.717) is 42.8 Å². The van der Waals surface area contributed by atoms with Gasteiger partial charge in [0.1, 0.15) is 11.3 Å². The third-order valence-electron chi connectivity index (χ3n) is 6.63. The highest BCUT2D eigenvalue weighted by Crippen LogP contribution is 2.30. The van der Waals surface area contributed by atoms with Gasteiger partial charge in [0.2, 0.25) is 0 Å². The number of likely N-dealkylation sites (tertiary alicyclic amines) is 1. The fourth-order valence-electron chi connectivity index (χ4n) is 4.64. The van der Waals surface area contributed by atoms with Crippen molar-refractivity contribution >= 4 is 34.9 Å². The lowest BCUT2D eigenvalue weighted by Crippen LogP contribution is -2.39. The molecule has 0 spiro atoms. The maximum Gasteiger partial charge on any atom is 0.319 e. The highest BCUT2D eigenvalue weighted by atomic mass is 35.5. The van der Waals surface area contributed by atoms with Crippen LogP contribution in [0.1, 0.15) is 47.3 Å². The van der Waals surface area contributed by atoms with E-state index in [1.54, 1.807) is 10.9 Å². The van der Waals surface area contributed by atoms with Gasteiger partial charge in [-0.25, -0.2) is 9.78 Å². The molecule has 0 radical (unpaired) electrons. The first-order valence-electron chi connectivity index (χ1n) is 12.1. The summed E-state index contributed by atoms with van der Waals surface area (Å²) in [6, 6.07) is 11.6. The van der Waals surface area contributed by atoms with Crippen LogP contribution in [0.15, 0.2) is 61.2 Å². The van der Waals surface area contributed by atoms with Crippen LogP contribution in [0.3, 0.4) is 0 Å². The highest BCUT2D eigenvalue weighted by molar-refractivity contribution is 6.33. The molecule has 1 aliphatic rings. The van der Waals surface area contributed by atoms with Gasteiger partial charge in [0.25, 0.3) is 5.91 Å². The Labute approximate surface area is 214 Å². The van der Waals surface area contributed by atoms with Crippen LogP contribution in [0.4, 0.5) is 10.5 Å². The van der Waals surface area contributed by atoms with Crippen LogP contribution >= 0.6 is 11.6 Å². The van der Waals surface area contributed by atoms with Crippen molar-refractivity contribution in [3.63, 3.8) is 0 Å². The van der Waals surface area contributed by atoms with Crippen molar-refractivity contribution in [3.8, 4) is 0 Å². The third kappa shape index (κ3) is 5.06. The highest BCUT2D eigenvalue weighted by Gasteiger charge is 2.28. The van der Waals surface area contributed by atoms with Crippen molar-refractivity contribution in [1.29, 1.82) is 0 Å². The quantitative estimate of drug-likeness (QED) is 0.402. The molecular weight excluding hydrogens is 478 g/mol. The number of aryl methyl sites for hydroxylation is 1. The SMILES string of the molecule is CCn1ncc(Cl)c1C(=O)N1CCC(c2ccc(NC(=O)NCc3ccn4ccnc4c3)cc2)CC1. The molecule has 0 atom stereocenters. The second kappa shape index (κ2) is 10.4.